The van der Waals surface area contributed by atoms with Crippen molar-refractivity contribution in [2.45, 2.75) is 11.8 Å². The first-order valence-electron chi connectivity index (χ1n) is 9.03. The maximum atomic E-state index is 12.7. The van der Waals surface area contributed by atoms with Gasteiger partial charge in [0.15, 0.2) is 5.17 Å². The first-order chi connectivity index (χ1) is 14.8. The van der Waals surface area contributed by atoms with E-state index in [1.807, 2.05) is 0 Å². The second kappa shape index (κ2) is 8.36. The highest BCUT2D eigenvalue weighted by atomic mass is 32.2. The van der Waals surface area contributed by atoms with Crippen LogP contribution < -0.4 is 15.8 Å². The number of anilines is 1. The third-order valence-corrected chi connectivity index (χ3v) is 6.49. The van der Waals surface area contributed by atoms with Crippen molar-refractivity contribution in [3.63, 3.8) is 0 Å². The lowest BCUT2D eigenvalue weighted by Gasteiger charge is -2.09. The molecule has 0 amide bonds. The van der Waals surface area contributed by atoms with Crippen LogP contribution in [0.3, 0.4) is 0 Å². The second-order valence-electron chi connectivity index (χ2n) is 6.54. The van der Waals surface area contributed by atoms with E-state index < -0.39 is 15.6 Å². The van der Waals surface area contributed by atoms with E-state index in [9.17, 15) is 18.0 Å². The largest absolute Gasteiger partial charge is 0.423 e. The van der Waals surface area contributed by atoms with Gasteiger partial charge < -0.3 is 4.42 Å². The Morgan fingerprint density at radius 1 is 1.10 bits per heavy atom. The fraction of sp³-hybridized carbons (Fsp3) is 0.100. The molecule has 1 aliphatic rings. The van der Waals surface area contributed by atoms with Crippen molar-refractivity contribution in [2.75, 3.05) is 11.3 Å². The number of nitrogens with zero attached hydrogens (tertiary/aromatic N) is 2. The maximum absolute atomic E-state index is 12.7. The van der Waals surface area contributed by atoms with Gasteiger partial charge >= 0.3 is 5.63 Å². The highest BCUT2D eigenvalue weighted by molar-refractivity contribution is 8.26. The summed E-state index contributed by atoms with van der Waals surface area (Å²) in [4.78, 5) is 26.5. The molecule has 0 radical (unpaired) electrons. The molecular formula is C20H16N4O5S2. The van der Waals surface area contributed by atoms with Crippen molar-refractivity contribution >= 4 is 54.4 Å². The Morgan fingerprint density at radius 2 is 1.87 bits per heavy atom. The molecular weight excluding hydrogens is 440 g/mol. The Bertz CT molecular complexity index is 1390. The minimum atomic E-state index is -3.84. The van der Waals surface area contributed by atoms with Gasteiger partial charge in [0.05, 0.1) is 10.6 Å². The van der Waals surface area contributed by atoms with Crippen LogP contribution in [-0.4, -0.2) is 31.0 Å². The number of carbonyl (C=O) groups excluding carboxylic acids is 1. The molecule has 0 unspecified atom stereocenters. The van der Waals surface area contributed by atoms with E-state index in [1.165, 1.54) is 30.3 Å². The zero-order valence-corrected chi connectivity index (χ0v) is 17.8. The number of rotatable bonds is 5. The molecule has 11 heteroatoms. The van der Waals surface area contributed by atoms with Crippen molar-refractivity contribution < 1.29 is 17.6 Å². The minimum Gasteiger partial charge on any atom is -0.423 e. The van der Waals surface area contributed by atoms with Gasteiger partial charge in [0.25, 0.3) is 10.0 Å². The highest BCUT2D eigenvalue weighted by Gasteiger charge is 2.16. The molecule has 4 rings (SSSR count). The molecule has 0 bridgehead atoms. The van der Waals surface area contributed by atoms with Gasteiger partial charge in [-0.05, 0) is 60.6 Å². The number of benzene rings is 2. The summed E-state index contributed by atoms with van der Waals surface area (Å²) >= 11 is 1.01. The number of carbonyl (C=O) groups is 1. The number of hydrazone groups is 1. The Balaban J connectivity index is 1.48. The number of fused-ring (bicyclic) bond motifs is 1. The Labute approximate surface area is 181 Å². The number of nitrogens with one attached hydrogen (secondary N) is 2. The number of hydrogen-bond donors (Lipinski definition) is 2. The predicted octanol–water partition coefficient (Wildman–Crippen LogP) is 2.54. The van der Waals surface area contributed by atoms with Gasteiger partial charge in [0.1, 0.15) is 12.1 Å². The van der Waals surface area contributed by atoms with Gasteiger partial charge in [-0.3, -0.25) is 19.9 Å². The van der Waals surface area contributed by atoms with E-state index >= 15 is 0 Å². The molecule has 2 aromatic carbocycles. The molecule has 0 aliphatic carbocycles. The summed E-state index contributed by atoms with van der Waals surface area (Å²) in [6.45, 7) is 1.92. The van der Waals surface area contributed by atoms with E-state index in [0.29, 0.717) is 27.5 Å². The lowest BCUT2D eigenvalue weighted by Crippen LogP contribution is -2.15. The Morgan fingerprint density at radius 3 is 2.58 bits per heavy atom. The summed E-state index contributed by atoms with van der Waals surface area (Å²) < 4.78 is 33.0. The third-order valence-electron chi connectivity index (χ3n) is 4.34. The Hall–Kier alpha value is -3.44. The zero-order valence-electron chi connectivity index (χ0n) is 16.2. The molecule has 9 nitrogen and oxygen atoms in total. The van der Waals surface area contributed by atoms with Crippen molar-refractivity contribution in [3.8, 4) is 0 Å². The Kier molecular flexibility index (Phi) is 5.61. The fourth-order valence-corrected chi connectivity index (χ4v) is 4.43. The average molecular weight is 457 g/mol. The van der Waals surface area contributed by atoms with Gasteiger partial charge in [-0.2, -0.15) is 5.10 Å². The third kappa shape index (κ3) is 4.84. The van der Waals surface area contributed by atoms with Crippen molar-refractivity contribution in [3.05, 3.63) is 70.6 Å². The molecule has 1 aromatic heterocycles. The summed E-state index contributed by atoms with van der Waals surface area (Å²) in [5.74, 6) is 0. The van der Waals surface area contributed by atoms with Crippen molar-refractivity contribution in [1.29, 1.82) is 0 Å². The normalized spacial score (nSPS) is 14.5. The summed E-state index contributed by atoms with van der Waals surface area (Å²) in [6.07, 6.45) is 0. The van der Waals surface area contributed by atoms with Crippen LogP contribution in [-0.2, 0) is 14.8 Å². The number of sulfonamides is 1. The number of hydrogen-bond acceptors (Lipinski definition) is 9. The van der Waals surface area contributed by atoms with E-state index in [0.717, 1.165) is 17.3 Å². The van der Waals surface area contributed by atoms with E-state index in [2.05, 4.69) is 20.2 Å². The van der Waals surface area contributed by atoms with E-state index in [-0.39, 0.29) is 16.6 Å². The van der Waals surface area contributed by atoms with E-state index in [1.54, 1.807) is 31.2 Å². The molecule has 0 fully saturated rings. The summed E-state index contributed by atoms with van der Waals surface area (Å²) in [7, 11) is -3.84. The monoisotopic (exact) mass is 456 g/mol. The lowest BCUT2D eigenvalue weighted by atomic mass is 10.1. The van der Waals surface area contributed by atoms with Gasteiger partial charge in [-0.1, -0.05) is 12.1 Å². The van der Waals surface area contributed by atoms with Crippen LogP contribution in [0, 0.1) is 0 Å². The van der Waals surface area contributed by atoms with Gasteiger partial charge in [0.2, 0.25) is 5.12 Å². The van der Waals surface area contributed by atoms with Crippen LogP contribution >= 0.6 is 11.8 Å². The van der Waals surface area contributed by atoms with Gasteiger partial charge in [-0.15, -0.1) is 0 Å². The maximum Gasteiger partial charge on any atom is 0.336 e. The SMILES string of the molecule is C/C(=N\NC1=NCC(=O)S1)c1ccc(NS(=O)(=O)c2ccc3oc(=O)ccc3c2)cc1. The zero-order chi connectivity index (χ0) is 22.0. The molecule has 158 valence electrons. The molecule has 0 saturated heterocycles. The summed E-state index contributed by atoms with van der Waals surface area (Å²) in [5, 5.41) is 5.10. The first-order valence-corrected chi connectivity index (χ1v) is 11.3. The standard InChI is InChI=1S/C20H16N4O5S2/c1-12(22-23-20-21-11-19(26)30-20)13-2-5-15(6-3-13)24-31(27,28)16-7-8-17-14(10-16)4-9-18(25)29-17/h2-10,24H,11H2,1H3,(H,21,23)/b22-12+. The molecule has 3 aromatic rings. The second-order valence-corrected chi connectivity index (χ2v) is 9.27. The molecule has 31 heavy (non-hydrogen) atoms. The lowest BCUT2D eigenvalue weighted by molar-refractivity contribution is -0.109. The highest BCUT2D eigenvalue weighted by Crippen LogP contribution is 2.21. The quantitative estimate of drug-likeness (QED) is 0.343. The molecule has 1 aliphatic heterocycles. The fourth-order valence-electron chi connectivity index (χ4n) is 2.77. The molecule has 0 spiro atoms. The number of amidine groups is 1. The molecule has 2 N–H and O–H groups in total. The van der Waals surface area contributed by atoms with Gasteiger partial charge in [0, 0.05) is 17.1 Å². The van der Waals surface area contributed by atoms with Crippen LogP contribution in [0.15, 0.2) is 78.8 Å². The van der Waals surface area contributed by atoms with Crippen molar-refractivity contribution in [1.82, 2.24) is 5.43 Å². The molecule has 2 heterocycles. The smallest absolute Gasteiger partial charge is 0.336 e. The molecule has 0 saturated carbocycles. The van der Waals surface area contributed by atoms with E-state index in [4.69, 9.17) is 4.42 Å². The number of thioether (sulfide) groups is 1. The van der Waals surface area contributed by atoms with Crippen LogP contribution in [0.5, 0.6) is 0 Å². The van der Waals surface area contributed by atoms with Crippen LogP contribution in [0.1, 0.15) is 12.5 Å². The number of aliphatic imine (C=N–C) groups is 1. The van der Waals surface area contributed by atoms with Crippen molar-refractivity contribution in [2.24, 2.45) is 10.1 Å². The summed E-state index contributed by atoms with van der Waals surface area (Å²) in [5.41, 5.74) is 4.35. The van der Waals surface area contributed by atoms with Gasteiger partial charge in [-0.25, -0.2) is 13.2 Å². The predicted molar refractivity (Wildman–Crippen MR) is 120 cm³/mol. The first kappa shape index (κ1) is 20.8. The van der Waals surface area contributed by atoms with Crippen LogP contribution in [0.25, 0.3) is 11.0 Å². The topological polar surface area (TPSA) is 130 Å². The minimum absolute atomic E-state index is 0.0389. The molecule has 0 atom stereocenters. The summed E-state index contributed by atoms with van der Waals surface area (Å²) in [6, 6.07) is 13.7. The van der Waals surface area contributed by atoms with Crippen LogP contribution in [0.2, 0.25) is 0 Å². The van der Waals surface area contributed by atoms with Crippen LogP contribution in [0.4, 0.5) is 5.69 Å². The average Bonchev–Trinajstić information content (AvgIpc) is 3.17.